The molecule has 184 valence electrons. The Hall–Kier alpha value is -4.01. The summed E-state index contributed by atoms with van der Waals surface area (Å²) in [6, 6.07) is 21.9. The van der Waals surface area contributed by atoms with E-state index in [9.17, 15) is 20.0 Å². The van der Waals surface area contributed by atoms with Crippen LogP contribution in [-0.2, 0) is 11.3 Å². The third-order valence-corrected chi connectivity index (χ3v) is 6.83. The molecule has 0 aromatic heterocycles. The molecule has 3 aromatic carbocycles. The molecule has 2 aliphatic heterocycles. The van der Waals surface area contributed by atoms with E-state index in [-0.39, 0.29) is 11.6 Å². The third kappa shape index (κ3) is 5.00. The number of amides is 1. The molecule has 1 saturated heterocycles. The molecule has 2 aliphatic rings. The van der Waals surface area contributed by atoms with Crippen molar-refractivity contribution in [3.63, 3.8) is 0 Å². The normalized spacial score (nSPS) is 18.3. The summed E-state index contributed by atoms with van der Waals surface area (Å²) in [6.45, 7) is 4.42. The molecule has 8 heteroatoms. The van der Waals surface area contributed by atoms with Crippen molar-refractivity contribution in [3.8, 4) is 0 Å². The first-order valence-electron chi connectivity index (χ1n) is 12.0. The molecular formula is C28H28N4O4. The molecule has 36 heavy (non-hydrogen) atoms. The van der Waals surface area contributed by atoms with Gasteiger partial charge in [-0.15, -0.1) is 0 Å². The summed E-state index contributed by atoms with van der Waals surface area (Å²) in [6.07, 6.45) is 1.53. The highest BCUT2D eigenvalue weighted by Gasteiger charge is 2.30. The average Bonchev–Trinajstić information content (AvgIpc) is 3.20. The maximum Gasteiger partial charge on any atom is 0.270 e. The summed E-state index contributed by atoms with van der Waals surface area (Å²) >= 11 is 0. The van der Waals surface area contributed by atoms with Crippen LogP contribution in [0, 0.1) is 10.1 Å². The molecule has 0 spiro atoms. The van der Waals surface area contributed by atoms with Gasteiger partial charge in [0.1, 0.15) is 0 Å². The summed E-state index contributed by atoms with van der Waals surface area (Å²) in [5.41, 5.74) is 4.11. The number of hydrogen-bond donors (Lipinski definition) is 3. The van der Waals surface area contributed by atoms with Crippen LogP contribution >= 0.6 is 0 Å². The predicted molar refractivity (Wildman–Crippen MR) is 140 cm³/mol. The van der Waals surface area contributed by atoms with Crippen LogP contribution in [-0.4, -0.2) is 39.5 Å². The molecular weight excluding hydrogens is 456 g/mol. The predicted octanol–water partition coefficient (Wildman–Crippen LogP) is 4.87. The molecule has 1 amide bonds. The average molecular weight is 485 g/mol. The summed E-state index contributed by atoms with van der Waals surface area (Å²) in [5.74, 6) is -0.311. The molecule has 0 atom stereocenters. The molecule has 5 rings (SSSR count). The van der Waals surface area contributed by atoms with Crippen LogP contribution in [0.2, 0.25) is 0 Å². The Morgan fingerprint density at radius 3 is 2.44 bits per heavy atom. The largest absolute Gasteiger partial charge is 0.390 e. The van der Waals surface area contributed by atoms with Crippen molar-refractivity contribution in [2.24, 2.45) is 0 Å². The number of fused-ring (bicyclic) bond motifs is 1. The van der Waals surface area contributed by atoms with E-state index in [1.165, 1.54) is 12.1 Å². The summed E-state index contributed by atoms with van der Waals surface area (Å²) in [4.78, 5) is 26.3. The molecule has 8 nitrogen and oxygen atoms in total. The molecule has 2 heterocycles. The highest BCUT2D eigenvalue weighted by molar-refractivity contribution is 6.37. The Morgan fingerprint density at radius 1 is 1.08 bits per heavy atom. The molecule has 0 aliphatic carbocycles. The SMILES string of the molecule is CC1(O)CCN(Cc2ccc(N/C(=C3\C(=O)Nc4ccc([N+](=O)[O-])cc43)c3ccccc3)cc2)CC1. The third-order valence-electron chi connectivity index (χ3n) is 6.83. The van der Waals surface area contributed by atoms with E-state index in [1.54, 1.807) is 6.07 Å². The lowest BCUT2D eigenvalue weighted by atomic mass is 9.93. The molecule has 0 saturated carbocycles. The highest BCUT2D eigenvalue weighted by atomic mass is 16.6. The number of nitrogens with zero attached hydrogens (tertiary/aromatic N) is 2. The quantitative estimate of drug-likeness (QED) is 0.262. The number of benzene rings is 3. The Balaban J connectivity index is 1.45. The zero-order chi connectivity index (χ0) is 25.3. The fourth-order valence-corrected chi connectivity index (χ4v) is 4.69. The zero-order valence-corrected chi connectivity index (χ0v) is 20.0. The summed E-state index contributed by atoms with van der Waals surface area (Å²) < 4.78 is 0. The van der Waals surface area contributed by atoms with Crippen LogP contribution in [0.3, 0.4) is 0 Å². The zero-order valence-electron chi connectivity index (χ0n) is 20.0. The van der Waals surface area contributed by atoms with Crippen LogP contribution in [0.15, 0.2) is 72.8 Å². The lowest BCUT2D eigenvalue weighted by Crippen LogP contribution is -2.41. The molecule has 0 bridgehead atoms. The maximum atomic E-state index is 13.0. The first-order chi connectivity index (χ1) is 17.3. The monoisotopic (exact) mass is 484 g/mol. The standard InChI is InChI=1S/C28H28N4O4/c1-28(34)13-15-31(16-14-28)18-19-7-9-21(10-8-19)29-26(20-5-3-2-4-6-20)25-23-17-22(32(35)36)11-12-24(23)30-27(25)33/h2-12,17,29,34H,13-16,18H2,1H3,(H,30,33)/b26-25-. The van der Waals surface area contributed by atoms with Crippen molar-refractivity contribution >= 4 is 34.2 Å². The minimum Gasteiger partial charge on any atom is -0.390 e. The van der Waals surface area contributed by atoms with E-state index in [2.05, 4.69) is 27.7 Å². The maximum absolute atomic E-state index is 13.0. The molecule has 0 radical (unpaired) electrons. The first-order valence-corrected chi connectivity index (χ1v) is 12.0. The van der Waals surface area contributed by atoms with Crippen LogP contribution < -0.4 is 10.6 Å². The van der Waals surface area contributed by atoms with Crippen LogP contribution in [0.5, 0.6) is 0 Å². The van der Waals surface area contributed by atoms with E-state index in [4.69, 9.17) is 0 Å². The Kier molecular flexibility index (Phi) is 6.30. The van der Waals surface area contributed by atoms with E-state index in [0.717, 1.165) is 49.3 Å². The van der Waals surface area contributed by atoms with Gasteiger partial charge in [-0.2, -0.15) is 0 Å². The topological polar surface area (TPSA) is 108 Å². The highest BCUT2D eigenvalue weighted by Crippen LogP contribution is 2.39. The number of non-ortho nitro benzene ring substituents is 1. The number of likely N-dealkylation sites (tertiary alicyclic amines) is 1. The van der Waals surface area contributed by atoms with Crippen LogP contribution in [0.4, 0.5) is 17.1 Å². The molecule has 3 aromatic rings. The number of hydrogen-bond acceptors (Lipinski definition) is 6. The van der Waals surface area contributed by atoms with Gasteiger partial charge < -0.3 is 15.7 Å². The number of carbonyl (C=O) groups excluding carboxylic acids is 1. The van der Waals surface area contributed by atoms with Gasteiger partial charge in [-0.05, 0) is 49.1 Å². The van der Waals surface area contributed by atoms with Crippen molar-refractivity contribution < 1.29 is 14.8 Å². The van der Waals surface area contributed by atoms with Crippen molar-refractivity contribution in [2.75, 3.05) is 23.7 Å². The Labute approximate surface area is 209 Å². The minimum absolute atomic E-state index is 0.0706. The smallest absolute Gasteiger partial charge is 0.270 e. The Morgan fingerprint density at radius 2 is 1.78 bits per heavy atom. The second kappa shape index (κ2) is 9.56. The van der Waals surface area contributed by atoms with Crippen LogP contribution in [0.25, 0.3) is 11.3 Å². The second-order valence-corrected chi connectivity index (χ2v) is 9.65. The number of aliphatic hydroxyl groups is 1. The number of rotatable bonds is 6. The van der Waals surface area contributed by atoms with Crippen molar-refractivity contribution in [3.05, 3.63) is 99.6 Å². The fraction of sp³-hybridized carbons (Fsp3) is 0.250. The molecule has 0 unspecified atom stereocenters. The summed E-state index contributed by atoms with van der Waals surface area (Å²) in [7, 11) is 0. The summed E-state index contributed by atoms with van der Waals surface area (Å²) in [5, 5.41) is 27.8. The van der Waals surface area contributed by atoms with E-state index >= 15 is 0 Å². The second-order valence-electron chi connectivity index (χ2n) is 9.65. The van der Waals surface area contributed by atoms with E-state index in [0.29, 0.717) is 22.5 Å². The van der Waals surface area contributed by atoms with Crippen molar-refractivity contribution in [1.82, 2.24) is 4.90 Å². The lowest BCUT2D eigenvalue weighted by molar-refractivity contribution is -0.384. The van der Waals surface area contributed by atoms with Gasteiger partial charge in [-0.3, -0.25) is 19.8 Å². The fourth-order valence-electron chi connectivity index (χ4n) is 4.69. The first kappa shape index (κ1) is 23.7. The van der Waals surface area contributed by atoms with Gasteiger partial charge in [-0.25, -0.2) is 0 Å². The van der Waals surface area contributed by atoms with Gasteiger partial charge >= 0.3 is 0 Å². The number of nitro groups is 1. The van der Waals surface area contributed by atoms with Crippen LogP contribution in [0.1, 0.15) is 36.5 Å². The molecule has 3 N–H and O–H groups in total. The minimum atomic E-state index is -0.572. The number of piperidine rings is 1. The van der Waals surface area contributed by atoms with E-state index < -0.39 is 10.5 Å². The van der Waals surface area contributed by atoms with E-state index in [1.807, 2.05) is 49.4 Å². The number of anilines is 2. The molecule has 1 fully saturated rings. The lowest BCUT2D eigenvalue weighted by Gasteiger charge is -2.35. The van der Waals surface area contributed by atoms with Gasteiger partial charge in [-0.1, -0.05) is 42.5 Å². The number of nitrogens with one attached hydrogen (secondary N) is 2. The van der Waals surface area contributed by atoms with Gasteiger partial charge in [0.2, 0.25) is 0 Å². The number of carbonyl (C=O) groups is 1. The number of nitro benzene ring substituents is 1. The van der Waals surface area contributed by atoms with Crippen molar-refractivity contribution in [2.45, 2.75) is 31.9 Å². The van der Waals surface area contributed by atoms with Gasteiger partial charge in [0.25, 0.3) is 11.6 Å². The van der Waals surface area contributed by atoms with Crippen molar-refractivity contribution in [1.29, 1.82) is 0 Å². The van der Waals surface area contributed by atoms with Gasteiger partial charge in [0, 0.05) is 48.7 Å². The van der Waals surface area contributed by atoms with Gasteiger partial charge in [0.15, 0.2) is 0 Å². The Bertz CT molecular complexity index is 1320. The van der Waals surface area contributed by atoms with Gasteiger partial charge in [0.05, 0.1) is 21.8 Å².